The molecule has 3 heteroatoms. The van der Waals surface area contributed by atoms with Gasteiger partial charge >= 0.3 is 0 Å². The van der Waals surface area contributed by atoms with Gasteiger partial charge in [-0.3, -0.25) is 0 Å². The van der Waals surface area contributed by atoms with Gasteiger partial charge < -0.3 is 14.6 Å². The summed E-state index contributed by atoms with van der Waals surface area (Å²) in [7, 11) is 0. The highest BCUT2D eigenvalue weighted by molar-refractivity contribution is 5.11. The minimum Gasteiger partial charge on any atom is -0.387 e. The molecule has 3 atom stereocenters. The monoisotopic (exact) mass is 159 g/mol. The summed E-state index contributed by atoms with van der Waals surface area (Å²) in [6.45, 7) is 4.20. The van der Waals surface area contributed by atoms with Crippen LogP contribution in [0.1, 0.15) is 22.1 Å². The molecule has 1 N–H and O–H groups in total. The van der Waals surface area contributed by atoms with Gasteiger partial charge in [0.05, 0.1) is 12.2 Å². The van der Waals surface area contributed by atoms with Crippen molar-refractivity contribution in [3.05, 3.63) is 0 Å². The van der Waals surface area contributed by atoms with E-state index < -0.39 is 17.3 Å². The largest absolute Gasteiger partial charge is 0.387 e. The van der Waals surface area contributed by atoms with E-state index in [1.165, 1.54) is 0 Å². The number of fused-ring (bicyclic) bond motifs is 2. The maximum absolute atomic E-state index is 9.74. The summed E-state index contributed by atoms with van der Waals surface area (Å²) < 4.78 is 18.4. The van der Waals surface area contributed by atoms with Crippen molar-refractivity contribution in [3.63, 3.8) is 0 Å². The Kier molecular flexibility index (Phi) is 1.04. The molecule has 2 bridgehead atoms. The third-order valence-corrected chi connectivity index (χ3v) is 2.80. The van der Waals surface area contributed by atoms with Gasteiger partial charge in [0.25, 0.3) is 0 Å². The lowest BCUT2D eigenvalue weighted by Gasteiger charge is -2.37. The summed E-state index contributed by atoms with van der Waals surface area (Å²) in [6.07, 6.45) is -0.865. The number of ether oxygens (including phenoxy) is 2. The van der Waals surface area contributed by atoms with Crippen molar-refractivity contribution in [2.45, 2.75) is 44.2 Å². The number of hydrogen-bond acceptors (Lipinski definition) is 3. The van der Waals surface area contributed by atoms with Crippen LogP contribution in [0, 0.1) is 0 Å². The zero-order valence-electron chi connectivity index (χ0n) is 7.83. The maximum Gasteiger partial charge on any atom is 0.122 e. The molecule has 0 aromatic carbocycles. The predicted octanol–water partition coefficient (Wildman–Crippen LogP) is 0.314. The van der Waals surface area contributed by atoms with Gasteiger partial charge in [-0.2, -0.15) is 0 Å². The molecule has 0 amide bonds. The van der Waals surface area contributed by atoms with Crippen LogP contribution in [0.15, 0.2) is 0 Å². The molecular weight excluding hydrogens is 144 g/mol. The molecule has 3 nitrogen and oxygen atoms in total. The zero-order valence-corrected chi connectivity index (χ0v) is 6.83. The summed E-state index contributed by atoms with van der Waals surface area (Å²) in [5.74, 6) is 0. The third kappa shape index (κ3) is 0.687. The number of aliphatic hydroxyl groups excluding tert-OH is 1. The Bertz CT molecular complexity index is 206. The van der Waals surface area contributed by atoms with E-state index >= 15 is 0 Å². The standard InChI is InChI=1S/C8H14O3/c1-7(2)8(3)6(9)5(11-7)4-10-8/h5-6,9H,4H2,1-3H3/t5-,6-,8+/m0/s1/i3D. The zero-order chi connectivity index (χ0) is 8.98. The summed E-state index contributed by atoms with van der Waals surface area (Å²) in [4.78, 5) is 0. The van der Waals surface area contributed by atoms with Crippen LogP contribution in [0.25, 0.3) is 0 Å². The predicted molar refractivity (Wildman–Crippen MR) is 39.3 cm³/mol. The van der Waals surface area contributed by atoms with Crippen LogP contribution in [0.2, 0.25) is 0 Å². The highest BCUT2D eigenvalue weighted by Crippen LogP contribution is 2.46. The van der Waals surface area contributed by atoms with Gasteiger partial charge in [-0.15, -0.1) is 0 Å². The molecule has 2 saturated heterocycles. The molecule has 0 aromatic rings. The van der Waals surface area contributed by atoms with Gasteiger partial charge in [-0.25, -0.2) is 0 Å². The molecule has 2 rings (SSSR count). The molecule has 0 unspecified atom stereocenters. The molecule has 11 heavy (non-hydrogen) atoms. The quantitative estimate of drug-likeness (QED) is 0.553. The lowest BCUT2D eigenvalue weighted by molar-refractivity contribution is -0.187. The van der Waals surface area contributed by atoms with Crippen LogP contribution in [0.5, 0.6) is 0 Å². The molecule has 0 aromatic heterocycles. The van der Waals surface area contributed by atoms with Crippen molar-refractivity contribution in [1.82, 2.24) is 0 Å². The van der Waals surface area contributed by atoms with Crippen molar-refractivity contribution < 1.29 is 16.0 Å². The SMILES string of the molecule is [2H]C[C@]12OC[C@H](OC1(C)C)[C@@H]2O. The topological polar surface area (TPSA) is 38.7 Å². The Balaban J connectivity index is 2.37. The first kappa shape index (κ1) is 6.40. The second-order valence-electron chi connectivity index (χ2n) is 3.81. The molecule has 0 saturated carbocycles. The minimum atomic E-state index is -0.794. The van der Waals surface area contributed by atoms with Crippen molar-refractivity contribution in [2.75, 3.05) is 6.61 Å². The summed E-state index contributed by atoms with van der Waals surface area (Å²) in [5, 5.41) is 9.74. The second-order valence-corrected chi connectivity index (χ2v) is 3.81. The summed E-state index contributed by atoms with van der Waals surface area (Å²) in [6, 6.07) is 0. The molecule has 0 radical (unpaired) electrons. The molecule has 0 aliphatic carbocycles. The normalized spacial score (nSPS) is 54.6. The fourth-order valence-electron chi connectivity index (χ4n) is 1.81. The van der Waals surface area contributed by atoms with Gasteiger partial charge in [0.1, 0.15) is 17.8 Å². The van der Waals surface area contributed by atoms with Gasteiger partial charge in [0, 0.05) is 1.37 Å². The molecule has 2 aliphatic rings. The summed E-state index contributed by atoms with van der Waals surface area (Å²) in [5.41, 5.74) is -1.32. The molecule has 2 fully saturated rings. The summed E-state index contributed by atoms with van der Waals surface area (Å²) >= 11 is 0. The van der Waals surface area contributed by atoms with Crippen LogP contribution in [0.3, 0.4) is 0 Å². The first-order valence-corrected chi connectivity index (χ1v) is 3.82. The minimum absolute atomic E-state index is 0.0532. The van der Waals surface area contributed by atoms with Crippen LogP contribution in [-0.4, -0.2) is 35.1 Å². The molecule has 2 aliphatic heterocycles. The number of rotatable bonds is 0. The lowest BCUT2D eigenvalue weighted by Crippen LogP contribution is -2.50. The maximum atomic E-state index is 9.74. The van der Waals surface area contributed by atoms with E-state index in [1.807, 2.05) is 13.8 Å². The van der Waals surface area contributed by atoms with Gasteiger partial charge in [0.15, 0.2) is 0 Å². The van der Waals surface area contributed by atoms with E-state index in [2.05, 4.69) is 0 Å². The highest BCUT2D eigenvalue weighted by atomic mass is 16.6. The fourth-order valence-corrected chi connectivity index (χ4v) is 1.81. The lowest BCUT2D eigenvalue weighted by atomic mass is 9.86. The van der Waals surface area contributed by atoms with Crippen molar-refractivity contribution in [3.8, 4) is 0 Å². The Hall–Kier alpha value is -0.120. The second kappa shape index (κ2) is 1.79. The van der Waals surface area contributed by atoms with Crippen LogP contribution in [-0.2, 0) is 9.47 Å². The Morgan fingerprint density at radius 2 is 2.36 bits per heavy atom. The van der Waals surface area contributed by atoms with E-state index in [4.69, 9.17) is 10.8 Å². The van der Waals surface area contributed by atoms with Gasteiger partial charge in [0.2, 0.25) is 0 Å². The Morgan fingerprint density at radius 1 is 1.64 bits per heavy atom. The average molecular weight is 159 g/mol. The van der Waals surface area contributed by atoms with E-state index in [9.17, 15) is 5.11 Å². The average Bonchev–Trinajstić information content (AvgIpc) is 2.39. The highest BCUT2D eigenvalue weighted by Gasteiger charge is 2.63. The first-order chi connectivity index (χ1) is 5.53. The molecule has 64 valence electrons. The van der Waals surface area contributed by atoms with E-state index in [0.717, 1.165) is 0 Å². The van der Waals surface area contributed by atoms with Crippen molar-refractivity contribution in [2.24, 2.45) is 0 Å². The Labute approximate surface area is 67.7 Å². The van der Waals surface area contributed by atoms with Crippen molar-refractivity contribution >= 4 is 0 Å². The molecule has 2 heterocycles. The number of aliphatic hydroxyl groups is 1. The van der Waals surface area contributed by atoms with Crippen LogP contribution in [0.4, 0.5) is 0 Å². The fraction of sp³-hybridized carbons (Fsp3) is 1.00. The third-order valence-electron chi connectivity index (χ3n) is 2.80. The van der Waals surface area contributed by atoms with Crippen LogP contribution >= 0.6 is 0 Å². The van der Waals surface area contributed by atoms with E-state index in [1.54, 1.807) is 0 Å². The van der Waals surface area contributed by atoms with E-state index in [0.29, 0.717) is 6.61 Å². The van der Waals surface area contributed by atoms with Gasteiger partial charge in [-0.05, 0) is 20.7 Å². The number of hydrogen-bond donors (Lipinski definition) is 1. The first-order valence-electron chi connectivity index (χ1n) is 4.53. The molecular formula is C8H14O3. The van der Waals surface area contributed by atoms with Gasteiger partial charge in [-0.1, -0.05) is 0 Å². The van der Waals surface area contributed by atoms with Crippen molar-refractivity contribution in [1.29, 1.82) is 0 Å². The Morgan fingerprint density at radius 3 is 2.64 bits per heavy atom. The smallest absolute Gasteiger partial charge is 0.122 e. The van der Waals surface area contributed by atoms with E-state index in [-0.39, 0.29) is 13.0 Å². The van der Waals surface area contributed by atoms with Crippen LogP contribution < -0.4 is 0 Å². The molecule has 0 spiro atoms.